The van der Waals surface area contributed by atoms with Crippen LogP contribution in [-0.4, -0.2) is 56.8 Å². The molecule has 2 saturated heterocycles. The molecule has 0 spiro atoms. The number of aliphatic hydroxyl groups excluding tert-OH is 1. The van der Waals surface area contributed by atoms with Gasteiger partial charge in [-0.2, -0.15) is 0 Å². The van der Waals surface area contributed by atoms with Gasteiger partial charge < -0.3 is 23.7 Å². The molecule has 0 unspecified atom stereocenters. The Labute approximate surface area is 129 Å². The molecule has 0 aromatic heterocycles. The summed E-state index contributed by atoms with van der Waals surface area (Å²) in [5.41, 5.74) is 0. The molecule has 0 amide bonds. The van der Waals surface area contributed by atoms with Crippen molar-refractivity contribution in [3.05, 3.63) is 0 Å². The molecule has 5 nitrogen and oxygen atoms in total. The normalized spacial score (nSPS) is 36.0. The highest BCUT2D eigenvalue weighted by molar-refractivity contribution is 6.74. The van der Waals surface area contributed by atoms with Crippen LogP contribution in [-0.2, 0) is 18.6 Å². The predicted octanol–water partition coefficient (Wildman–Crippen LogP) is 2.29. The average Bonchev–Trinajstić information content (AvgIpc) is 3.03. The first-order valence-electron chi connectivity index (χ1n) is 7.73. The van der Waals surface area contributed by atoms with E-state index in [4.69, 9.17) is 18.6 Å². The maximum Gasteiger partial charge on any atom is 0.192 e. The van der Waals surface area contributed by atoms with Gasteiger partial charge in [-0.1, -0.05) is 20.8 Å². The van der Waals surface area contributed by atoms with Crippen molar-refractivity contribution in [1.82, 2.24) is 0 Å². The van der Waals surface area contributed by atoms with Gasteiger partial charge in [-0.25, -0.2) is 0 Å². The largest absolute Gasteiger partial charge is 0.414 e. The molecule has 0 bridgehead atoms. The molecule has 2 aliphatic rings. The number of epoxide rings is 1. The summed E-state index contributed by atoms with van der Waals surface area (Å²) in [6.07, 6.45) is -0.509. The van der Waals surface area contributed by atoms with Gasteiger partial charge in [-0.3, -0.25) is 0 Å². The number of hydrogen-bond donors (Lipinski definition) is 1. The van der Waals surface area contributed by atoms with Crippen molar-refractivity contribution in [2.75, 3.05) is 13.2 Å². The topological polar surface area (TPSA) is 60.5 Å². The summed E-state index contributed by atoms with van der Waals surface area (Å²) in [4.78, 5) is 0. The first-order chi connectivity index (χ1) is 9.47. The SMILES string of the molecule is CC1(C)O[C@@H]([C@@H]2O[C@@H]2CO)[C@H](CO[Si](C)(C)C(C)(C)C)O1. The lowest BCUT2D eigenvalue weighted by Gasteiger charge is -2.37. The summed E-state index contributed by atoms with van der Waals surface area (Å²) >= 11 is 0. The molecule has 4 atom stereocenters. The summed E-state index contributed by atoms with van der Waals surface area (Å²) in [5.74, 6) is -0.627. The number of ether oxygens (including phenoxy) is 3. The fraction of sp³-hybridized carbons (Fsp3) is 1.00. The zero-order chi connectivity index (χ0) is 16.1. The maximum atomic E-state index is 9.17. The Bertz CT molecular complexity index is 377. The van der Waals surface area contributed by atoms with Crippen molar-refractivity contribution in [3.63, 3.8) is 0 Å². The molecule has 21 heavy (non-hydrogen) atoms. The summed E-state index contributed by atoms with van der Waals surface area (Å²) in [7, 11) is -1.81. The van der Waals surface area contributed by atoms with Crippen LogP contribution in [0.25, 0.3) is 0 Å². The molecule has 6 heteroatoms. The van der Waals surface area contributed by atoms with Gasteiger partial charge in [0.25, 0.3) is 0 Å². The van der Waals surface area contributed by atoms with Crippen molar-refractivity contribution in [2.45, 2.75) is 83.0 Å². The van der Waals surface area contributed by atoms with Crippen LogP contribution in [0, 0.1) is 0 Å². The highest BCUT2D eigenvalue weighted by Crippen LogP contribution is 2.40. The van der Waals surface area contributed by atoms with Crippen molar-refractivity contribution >= 4 is 8.32 Å². The van der Waals surface area contributed by atoms with Crippen LogP contribution < -0.4 is 0 Å². The molecular formula is C15H30O5Si. The molecule has 1 N–H and O–H groups in total. The Hall–Kier alpha value is 0.0169. The second kappa shape index (κ2) is 5.58. The predicted molar refractivity (Wildman–Crippen MR) is 82.7 cm³/mol. The van der Waals surface area contributed by atoms with E-state index in [1.165, 1.54) is 0 Å². The zero-order valence-electron chi connectivity index (χ0n) is 14.3. The first kappa shape index (κ1) is 17.4. The van der Waals surface area contributed by atoms with Crippen molar-refractivity contribution in [2.24, 2.45) is 0 Å². The fourth-order valence-electron chi connectivity index (χ4n) is 2.37. The minimum atomic E-state index is -1.81. The van der Waals surface area contributed by atoms with Crippen molar-refractivity contribution < 1.29 is 23.7 Å². The van der Waals surface area contributed by atoms with Crippen LogP contribution in [0.2, 0.25) is 18.1 Å². The van der Waals surface area contributed by atoms with E-state index in [0.717, 1.165) is 0 Å². The Kier molecular flexibility index (Phi) is 4.62. The maximum absolute atomic E-state index is 9.17. The third-order valence-corrected chi connectivity index (χ3v) is 9.26. The number of rotatable bonds is 5. The molecule has 124 valence electrons. The van der Waals surface area contributed by atoms with Gasteiger partial charge in [0.2, 0.25) is 0 Å². The molecule has 2 heterocycles. The molecule has 0 radical (unpaired) electrons. The van der Waals surface area contributed by atoms with Crippen molar-refractivity contribution in [3.8, 4) is 0 Å². The van der Waals surface area contributed by atoms with Gasteiger partial charge in [0.1, 0.15) is 24.4 Å². The van der Waals surface area contributed by atoms with Crippen LogP contribution in [0.5, 0.6) is 0 Å². The molecule has 0 aliphatic carbocycles. The standard InChI is InChI=1S/C15H30O5Si/c1-14(2,3)21(6,7)17-9-11-13(12-10(8-16)18-12)20-15(4,5)19-11/h10-13,16H,8-9H2,1-7H3/t10-,11+,12-,13-/m1/s1. The molecular weight excluding hydrogens is 288 g/mol. The quantitative estimate of drug-likeness (QED) is 0.622. The molecule has 2 fully saturated rings. The summed E-state index contributed by atoms with van der Waals surface area (Å²) in [5, 5.41) is 9.34. The third kappa shape index (κ3) is 3.86. The highest BCUT2D eigenvalue weighted by Gasteiger charge is 2.55. The fourth-order valence-corrected chi connectivity index (χ4v) is 3.38. The van der Waals surface area contributed by atoms with Crippen LogP contribution in [0.4, 0.5) is 0 Å². The van der Waals surface area contributed by atoms with E-state index in [9.17, 15) is 5.11 Å². The van der Waals surface area contributed by atoms with Crippen molar-refractivity contribution in [1.29, 1.82) is 0 Å². The van der Waals surface area contributed by atoms with Gasteiger partial charge in [-0.05, 0) is 32.0 Å². The van der Waals surface area contributed by atoms with Gasteiger partial charge in [0, 0.05) is 0 Å². The van der Waals surface area contributed by atoms with Crippen LogP contribution in [0.15, 0.2) is 0 Å². The Morgan fingerprint density at radius 3 is 2.19 bits per heavy atom. The van der Waals surface area contributed by atoms with Crippen LogP contribution >= 0.6 is 0 Å². The van der Waals surface area contributed by atoms with E-state index in [0.29, 0.717) is 6.61 Å². The van der Waals surface area contributed by atoms with Gasteiger partial charge in [-0.15, -0.1) is 0 Å². The Morgan fingerprint density at radius 1 is 1.10 bits per heavy atom. The minimum absolute atomic E-state index is 0.0285. The van der Waals surface area contributed by atoms with Crippen LogP contribution in [0.1, 0.15) is 34.6 Å². The highest BCUT2D eigenvalue weighted by atomic mass is 28.4. The lowest BCUT2D eigenvalue weighted by molar-refractivity contribution is -0.150. The van der Waals surface area contributed by atoms with E-state index < -0.39 is 14.1 Å². The lowest BCUT2D eigenvalue weighted by atomic mass is 10.1. The van der Waals surface area contributed by atoms with E-state index in [2.05, 4.69) is 33.9 Å². The Morgan fingerprint density at radius 2 is 1.71 bits per heavy atom. The smallest absolute Gasteiger partial charge is 0.192 e. The second-order valence-corrected chi connectivity index (χ2v) is 12.8. The minimum Gasteiger partial charge on any atom is -0.414 e. The summed E-state index contributed by atoms with van der Waals surface area (Å²) in [6.45, 7) is 15.5. The first-order valence-corrected chi connectivity index (χ1v) is 10.6. The van der Waals surface area contributed by atoms with Gasteiger partial charge in [0.05, 0.1) is 13.2 Å². The van der Waals surface area contributed by atoms with Gasteiger partial charge >= 0.3 is 0 Å². The molecule has 2 aliphatic heterocycles. The summed E-state index contributed by atoms with van der Waals surface area (Å²) in [6, 6.07) is 0. The molecule has 0 saturated carbocycles. The second-order valence-electron chi connectivity index (χ2n) is 8.03. The average molecular weight is 318 g/mol. The zero-order valence-corrected chi connectivity index (χ0v) is 15.3. The van der Waals surface area contributed by atoms with Gasteiger partial charge in [0.15, 0.2) is 14.1 Å². The third-order valence-electron chi connectivity index (χ3n) is 4.76. The Balaban J connectivity index is 1.97. The summed E-state index contributed by atoms with van der Waals surface area (Å²) < 4.78 is 23.7. The molecule has 0 aromatic carbocycles. The monoisotopic (exact) mass is 318 g/mol. The van der Waals surface area contributed by atoms with Crippen LogP contribution in [0.3, 0.4) is 0 Å². The number of hydrogen-bond acceptors (Lipinski definition) is 5. The van der Waals surface area contributed by atoms with E-state index in [1.807, 2.05) is 13.8 Å². The van der Waals surface area contributed by atoms with E-state index in [1.54, 1.807) is 0 Å². The number of aliphatic hydroxyl groups is 1. The lowest BCUT2D eigenvalue weighted by Crippen LogP contribution is -2.44. The van der Waals surface area contributed by atoms with E-state index in [-0.39, 0.29) is 36.1 Å². The molecule has 0 aromatic rings. The molecule has 2 rings (SSSR count). The van der Waals surface area contributed by atoms with E-state index >= 15 is 0 Å².